The fourth-order valence-corrected chi connectivity index (χ4v) is 3.18. The quantitative estimate of drug-likeness (QED) is 0.791. The average Bonchev–Trinajstić information content (AvgIpc) is 2.85. The lowest BCUT2D eigenvalue weighted by Gasteiger charge is -2.24. The van der Waals surface area contributed by atoms with Crippen LogP contribution >= 0.6 is 11.3 Å². The van der Waals surface area contributed by atoms with Gasteiger partial charge < -0.3 is 9.88 Å². The lowest BCUT2D eigenvalue weighted by atomic mass is 10.0. The van der Waals surface area contributed by atoms with Crippen molar-refractivity contribution in [3.63, 3.8) is 0 Å². The first-order valence-corrected chi connectivity index (χ1v) is 6.00. The third kappa shape index (κ3) is 1.41. The first-order valence-electron chi connectivity index (χ1n) is 5.12. The smallest absolute Gasteiger partial charge is 0.0946 e. The van der Waals surface area contributed by atoms with E-state index in [2.05, 4.69) is 26.3 Å². The standard InChI is InChI=1S/C11H13N3S/c1-14-7-12-6-9(14)10-11-8(2-4-13-10)3-5-15-11/h3,5-7,10,13H,2,4H2,1H3. The second-order valence-corrected chi connectivity index (χ2v) is 4.82. The zero-order chi connectivity index (χ0) is 10.3. The van der Waals surface area contributed by atoms with E-state index in [0.29, 0.717) is 6.04 Å². The average molecular weight is 219 g/mol. The zero-order valence-corrected chi connectivity index (χ0v) is 9.42. The van der Waals surface area contributed by atoms with Crippen LogP contribution in [0, 0.1) is 0 Å². The van der Waals surface area contributed by atoms with Crippen LogP contribution in [0.5, 0.6) is 0 Å². The number of hydrogen-bond acceptors (Lipinski definition) is 3. The first kappa shape index (κ1) is 9.12. The Morgan fingerprint density at radius 3 is 3.33 bits per heavy atom. The highest BCUT2D eigenvalue weighted by Crippen LogP contribution is 2.32. The Kier molecular flexibility index (Phi) is 2.11. The molecule has 3 heterocycles. The van der Waals surface area contributed by atoms with E-state index in [4.69, 9.17) is 0 Å². The van der Waals surface area contributed by atoms with E-state index in [1.165, 1.54) is 16.1 Å². The van der Waals surface area contributed by atoms with Crippen molar-refractivity contribution < 1.29 is 0 Å². The summed E-state index contributed by atoms with van der Waals surface area (Å²) in [6.07, 6.45) is 4.96. The van der Waals surface area contributed by atoms with E-state index in [9.17, 15) is 0 Å². The predicted octanol–water partition coefficient (Wildman–Crippen LogP) is 1.72. The van der Waals surface area contributed by atoms with Gasteiger partial charge >= 0.3 is 0 Å². The molecule has 0 aromatic carbocycles. The summed E-state index contributed by atoms with van der Waals surface area (Å²) in [7, 11) is 2.05. The second-order valence-electron chi connectivity index (χ2n) is 3.88. The summed E-state index contributed by atoms with van der Waals surface area (Å²) in [5.41, 5.74) is 2.74. The second kappa shape index (κ2) is 3.47. The largest absolute Gasteiger partial charge is 0.336 e. The number of imidazole rings is 1. The zero-order valence-electron chi connectivity index (χ0n) is 8.60. The number of nitrogens with zero attached hydrogens (tertiary/aromatic N) is 2. The van der Waals surface area contributed by atoms with Crippen LogP contribution in [0.25, 0.3) is 0 Å². The molecule has 0 aliphatic carbocycles. The summed E-state index contributed by atoms with van der Waals surface area (Å²) < 4.78 is 2.09. The van der Waals surface area contributed by atoms with Crippen LogP contribution < -0.4 is 5.32 Å². The third-order valence-electron chi connectivity index (χ3n) is 2.94. The highest BCUT2D eigenvalue weighted by Gasteiger charge is 2.24. The molecule has 1 unspecified atom stereocenters. The number of aromatic nitrogens is 2. The maximum absolute atomic E-state index is 4.18. The molecule has 0 spiro atoms. The molecule has 3 nitrogen and oxygen atoms in total. The van der Waals surface area contributed by atoms with Gasteiger partial charge in [0.05, 0.1) is 24.3 Å². The summed E-state index contributed by atoms with van der Waals surface area (Å²) in [6.45, 7) is 1.06. The summed E-state index contributed by atoms with van der Waals surface area (Å²) in [5, 5.41) is 5.74. The lowest BCUT2D eigenvalue weighted by molar-refractivity contribution is 0.552. The van der Waals surface area contributed by atoms with Crippen LogP contribution in [0.4, 0.5) is 0 Å². The van der Waals surface area contributed by atoms with Crippen LogP contribution in [0.15, 0.2) is 24.0 Å². The molecular weight excluding hydrogens is 206 g/mol. The van der Waals surface area contributed by atoms with E-state index in [1.807, 2.05) is 30.9 Å². The Hall–Kier alpha value is -1.13. The van der Waals surface area contributed by atoms with Gasteiger partial charge in [-0.15, -0.1) is 11.3 Å². The van der Waals surface area contributed by atoms with Crippen molar-refractivity contribution in [2.24, 2.45) is 7.05 Å². The minimum absolute atomic E-state index is 0.334. The van der Waals surface area contributed by atoms with Gasteiger partial charge in [0.1, 0.15) is 0 Å². The first-order chi connectivity index (χ1) is 7.36. The van der Waals surface area contributed by atoms with Gasteiger partial charge in [0.2, 0.25) is 0 Å². The van der Waals surface area contributed by atoms with Gasteiger partial charge in [-0.05, 0) is 23.4 Å². The fraction of sp³-hybridized carbons (Fsp3) is 0.364. The number of nitrogens with one attached hydrogen (secondary N) is 1. The van der Waals surface area contributed by atoms with Crippen molar-refractivity contribution in [2.45, 2.75) is 12.5 Å². The summed E-state index contributed by atoms with van der Waals surface area (Å²) in [4.78, 5) is 5.63. The summed E-state index contributed by atoms with van der Waals surface area (Å²) >= 11 is 1.84. The molecular formula is C11H13N3S. The van der Waals surface area contributed by atoms with E-state index in [0.717, 1.165) is 13.0 Å². The van der Waals surface area contributed by atoms with Crippen molar-refractivity contribution in [2.75, 3.05) is 6.54 Å². The van der Waals surface area contributed by atoms with Crippen molar-refractivity contribution in [3.8, 4) is 0 Å². The van der Waals surface area contributed by atoms with Gasteiger partial charge in [-0.25, -0.2) is 4.98 Å². The molecule has 0 bridgehead atoms. The highest BCUT2D eigenvalue weighted by atomic mass is 32.1. The van der Waals surface area contributed by atoms with Gasteiger partial charge in [0.25, 0.3) is 0 Å². The van der Waals surface area contributed by atoms with Gasteiger partial charge in [0.15, 0.2) is 0 Å². The molecule has 78 valence electrons. The number of thiophene rings is 1. The summed E-state index contributed by atoms with van der Waals surface area (Å²) in [6, 6.07) is 2.57. The third-order valence-corrected chi connectivity index (χ3v) is 3.96. The predicted molar refractivity (Wildman–Crippen MR) is 61.1 cm³/mol. The van der Waals surface area contributed by atoms with Crippen molar-refractivity contribution in [3.05, 3.63) is 40.1 Å². The van der Waals surface area contributed by atoms with Crippen LogP contribution in [0.3, 0.4) is 0 Å². The molecule has 0 saturated heterocycles. The summed E-state index contributed by atoms with van der Waals surface area (Å²) in [5.74, 6) is 0. The molecule has 4 heteroatoms. The number of hydrogen-bond donors (Lipinski definition) is 1. The molecule has 3 rings (SSSR count). The normalized spacial score (nSPS) is 20.2. The fourth-order valence-electron chi connectivity index (χ4n) is 2.14. The molecule has 0 saturated carbocycles. The number of aryl methyl sites for hydroxylation is 1. The molecule has 2 aromatic rings. The number of rotatable bonds is 1. The van der Waals surface area contributed by atoms with Crippen molar-refractivity contribution >= 4 is 11.3 Å². The SMILES string of the molecule is Cn1cncc1C1NCCc2ccsc21. The van der Waals surface area contributed by atoms with Gasteiger partial charge in [-0.2, -0.15) is 0 Å². The van der Waals surface area contributed by atoms with Crippen molar-refractivity contribution in [1.29, 1.82) is 0 Å². The Morgan fingerprint density at radius 2 is 2.53 bits per heavy atom. The number of fused-ring (bicyclic) bond motifs is 1. The van der Waals surface area contributed by atoms with Crippen LogP contribution in [-0.4, -0.2) is 16.1 Å². The Labute approximate surface area is 92.8 Å². The molecule has 15 heavy (non-hydrogen) atoms. The Bertz CT molecular complexity index is 472. The minimum Gasteiger partial charge on any atom is -0.336 e. The van der Waals surface area contributed by atoms with Gasteiger partial charge in [-0.1, -0.05) is 0 Å². The maximum atomic E-state index is 4.18. The highest BCUT2D eigenvalue weighted by molar-refractivity contribution is 7.10. The van der Waals surface area contributed by atoms with Crippen LogP contribution in [0.2, 0.25) is 0 Å². The van der Waals surface area contributed by atoms with Crippen LogP contribution in [0.1, 0.15) is 22.2 Å². The Balaban J connectivity index is 2.07. The van der Waals surface area contributed by atoms with E-state index >= 15 is 0 Å². The van der Waals surface area contributed by atoms with Gasteiger partial charge in [-0.3, -0.25) is 0 Å². The Morgan fingerprint density at radius 1 is 1.60 bits per heavy atom. The van der Waals surface area contributed by atoms with E-state index in [1.54, 1.807) is 0 Å². The van der Waals surface area contributed by atoms with Crippen molar-refractivity contribution in [1.82, 2.24) is 14.9 Å². The monoisotopic (exact) mass is 219 g/mol. The maximum Gasteiger partial charge on any atom is 0.0946 e. The van der Waals surface area contributed by atoms with Gasteiger partial charge in [0, 0.05) is 18.5 Å². The topological polar surface area (TPSA) is 29.9 Å². The minimum atomic E-state index is 0.334. The molecule has 0 amide bonds. The molecule has 1 aliphatic heterocycles. The van der Waals surface area contributed by atoms with Crippen LogP contribution in [-0.2, 0) is 13.5 Å². The molecule has 2 aromatic heterocycles. The molecule has 0 fully saturated rings. The molecule has 1 atom stereocenters. The van der Waals surface area contributed by atoms with E-state index in [-0.39, 0.29) is 0 Å². The van der Waals surface area contributed by atoms with E-state index < -0.39 is 0 Å². The lowest BCUT2D eigenvalue weighted by Crippen LogP contribution is -2.30. The molecule has 0 radical (unpaired) electrons. The molecule has 1 N–H and O–H groups in total. The molecule has 1 aliphatic rings.